The number of nitrogens with zero attached hydrogens (tertiary/aromatic N) is 1. The van der Waals surface area contributed by atoms with Crippen molar-refractivity contribution in [1.29, 1.82) is 0 Å². The lowest BCUT2D eigenvalue weighted by molar-refractivity contribution is -0.387. The van der Waals surface area contributed by atoms with Crippen molar-refractivity contribution in [2.24, 2.45) is 0 Å². The van der Waals surface area contributed by atoms with E-state index in [0.29, 0.717) is 5.69 Å². The summed E-state index contributed by atoms with van der Waals surface area (Å²) in [5, 5.41) is 30.9. The van der Waals surface area contributed by atoms with Crippen molar-refractivity contribution < 1.29 is 19.5 Å². The van der Waals surface area contributed by atoms with Gasteiger partial charge in [0.05, 0.1) is 17.6 Å². The van der Waals surface area contributed by atoms with Gasteiger partial charge in [-0.05, 0) is 13.0 Å². The molecule has 0 aliphatic heterocycles. The second-order valence-electron chi connectivity index (χ2n) is 3.55. The van der Waals surface area contributed by atoms with E-state index >= 15 is 0 Å². The summed E-state index contributed by atoms with van der Waals surface area (Å²) in [4.78, 5) is 9.67. The number of hydrogen-bond donors (Lipinski definition) is 3. The zero-order valence-electron chi connectivity index (χ0n) is 9.18. The fourth-order valence-electron chi connectivity index (χ4n) is 1.30. The molecule has 0 saturated carbocycles. The number of aliphatic hydroxyl groups excluding tert-OH is 2. The van der Waals surface area contributed by atoms with Gasteiger partial charge in [0.1, 0.15) is 0 Å². The molecule has 0 aromatic heterocycles. The smallest absolute Gasteiger partial charge is 0.305 e. The predicted molar refractivity (Wildman–Crippen MR) is 59.4 cm³/mol. The molecule has 0 aliphatic rings. The Hall–Kier alpha value is -1.73. The van der Waals surface area contributed by atoms with Crippen LogP contribution in [0.1, 0.15) is 5.56 Å². The molecule has 0 radical (unpaired) electrons. The normalized spacial score (nSPS) is 12.2. The summed E-state index contributed by atoms with van der Waals surface area (Å²) in [5.74, 6) is -0.904. The summed E-state index contributed by atoms with van der Waals surface area (Å²) in [6, 6.07) is 2.41. The van der Waals surface area contributed by atoms with Crippen LogP contribution in [0.15, 0.2) is 12.1 Å². The average Bonchev–Trinajstić information content (AvgIpc) is 2.30. The van der Waals surface area contributed by atoms with E-state index < -0.39 is 29.1 Å². The van der Waals surface area contributed by atoms with Gasteiger partial charge in [-0.1, -0.05) is 0 Å². The first-order valence-electron chi connectivity index (χ1n) is 4.93. The van der Waals surface area contributed by atoms with Gasteiger partial charge in [0.2, 0.25) is 5.82 Å². The summed E-state index contributed by atoms with van der Waals surface area (Å²) in [5.41, 5.74) is -0.138. The number of rotatable bonds is 5. The largest absolute Gasteiger partial charge is 0.394 e. The quantitative estimate of drug-likeness (QED) is 0.526. The van der Waals surface area contributed by atoms with Crippen LogP contribution in [0.3, 0.4) is 0 Å². The van der Waals surface area contributed by atoms with Crippen molar-refractivity contribution >= 4 is 11.4 Å². The van der Waals surface area contributed by atoms with E-state index in [9.17, 15) is 14.5 Å². The van der Waals surface area contributed by atoms with E-state index in [4.69, 9.17) is 10.2 Å². The van der Waals surface area contributed by atoms with Crippen molar-refractivity contribution in [3.63, 3.8) is 0 Å². The van der Waals surface area contributed by atoms with Crippen LogP contribution >= 0.6 is 0 Å². The van der Waals surface area contributed by atoms with Crippen LogP contribution in [0.4, 0.5) is 15.8 Å². The zero-order valence-corrected chi connectivity index (χ0v) is 9.18. The topological polar surface area (TPSA) is 95.6 Å². The SMILES string of the molecule is Cc1c(NCC(O)CO)ccc([N+](=O)[O-])c1F. The van der Waals surface area contributed by atoms with Crippen LogP contribution in [-0.4, -0.2) is 34.4 Å². The van der Waals surface area contributed by atoms with Crippen LogP contribution in [0.5, 0.6) is 0 Å². The Morgan fingerprint density at radius 2 is 2.24 bits per heavy atom. The van der Waals surface area contributed by atoms with E-state index in [-0.39, 0.29) is 12.1 Å². The van der Waals surface area contributed by atoms with Crippen LogP contribution in [0.2, 0.25) is 0 Å². The highest BCUT2D eigenvalue weighted by Crippen LogP contribution is 2.26. The molecule has 0 heterocycles. The van der Waals surface area contributed by atoms with Gasteiger partial charge >= 0.3 is 5.69 Å². The summed E-state index contributed by atoms with van der Waals surface area (Å²) >= 11 is 0. The lowest BCUT2D eigenvalue weighted by Gasteiger charge is -2.12. The van der Waals surface area contributed by atoms with Gasteiger partial charge in [0, 0.05) is 23.9 Å². The molecule has 17 heavy (non-hydrogen) atoms. The summed E-state index contributed by atoms with van der Waals surface area (Å²) < 4.78 is 13.5. The second kappa shape index (κ2) is 5.55. The number of aliphatic hydroxyl groups is 2. The Kier molecular flexibility index (Phi) is 4.36. The van der Waals surface area contributed by atoms with Gasteiger partial charge in [-0.2, -0.15) is 4.39 Å². The third-order valence-corrected chi connectivity index (χ3v) is 2.30. The van der Waals surface area contributed by atoms with Crippen LogP contribution in [0, 0.1) is 22.9 Å². The Balaban J connectivity index is 2.89. The number of halogens is 1. The number of anilines is 1. The molecular formula is C10H13FN2O4. The molecular weight excluding hydrogens is 231 g/mol. The zero-order chi connectivity index (χ0) is 13.0. The molecule has 1 aromatic rings. The maximum atomic E-state index is 13.5. The summed E-state index contributed by atoms with van der Waals surface area (Å²) in [7, 11) is 0. The van der Waals surface area contributed by atoms with Crippen LogP contribution in [-0.2, 0) is 0 Å². The Morgan fingerprint density at radius 1 is 1.59 bits per heavy atom. The Labute approximate surface area is 96.8 Å². The minimum Gasteiger partial charge on any atom is -0.394 e. The first kappa shape index (κ1) is 13.3. The van der Waals surface area contributed by atoms with E-state index in [0.717, 1.165) is 6.07 Å². The lowest BCUT2D eigenvalue weighted by Crippen LogP contribution is -2.23. The first-order valence-corrected chi connectivity index (χ1v) is 4.93. The summed E-state index contributed by atoms with van der Waals surface area (Å²) in [6.07, 6.45) is -0.965. The van der Waals surface area contributed by atoms with Gasteiger partial charge in [-0.25, -0.2) is 0 Å². The van der Waals surface area contributed by atoms with E-state index in [1.54, 1.807) is 0 Å². The monoisotopic (exact) mass is 244 g/mol. The minimum absolute atomic E-state index is 0.0363. The van der Waals surface area contributed by atoms with E-state index in [1.807, 2.05) is 0 Å². The molecule has 1 unspecified atom stereocenters. The number of nitrogens with one attached hydrogen (secondary N) is 1. The van der Waals surface area contributed by atoms with Crippen LogP contribution < -0.4 is 5.32 Å². The molecule has 1 atom stereocenters. The third-order valence-electron chi connectivity index (χ3n) is 2.30. The van der Waals surface area contributed by atoms with Crippen molar-refractivity contribution in [2.75, 3.05) is 18.5 Å². The van der Waals surface area contributed by atoms with Gasteiger partial charge in [-0.3, -0.25) is 10.1 Å². The Morgan fingerprint density at radius 3 is 2.76 bits per heavy atom. The van der Waals surface area contributed by atoms with E-state index in [2.05, 4.69) is 5.32 Å². The van der Waals surface area contributed by atoms with Crippen molar-refractivity contribution in [3.8, 4) is 0 Å². The third kappa shape index (κ3) is 3.11. The summed E-state index contributed by atoms with van der Waals surface area (Å²) in [6.45, 7) is 1.02. The van der Waals surface area contributed by atoms with Crippen molar-refractivity contribution in [1.82, 2.24) is 0 Å². The predicted octanol–water partition coefficient (Wildman–Crippen LogP) is 0.807. The van der Waals surface area contributed by atoms with Crippen molar-refractivity contribution in [3.05, 3.63) is 33.6 Å². The molecule has 7 heteroatoms. The van der Waals surface area contributed by atoms with Gasteiger partial charge in [0.25, 0.3) is 0 Å². The first-order chi connectivity index (χ1) is 7.97. The number of hydrogen-bond acceptors (Lipinski definition) is 5. The molecule has 1 rings (SSSR count). The molecule has 0 spiro atoms. The molecule has 94 valence electrons. The lowest BCUT2D eigenvalue weighted by atomic mass is 10.1. The van der Waals surface area contributed by atoms with Crippen LogP contribution in [0.25, 0.3) is 0 Å². The van der Waals surface area contributed by atoms with E-state index in [1.165, 1.54) is 13.0 Å². The Bertz CT molecular complexity index is 425. The highest BCUT2D eigenvalue weighted by atomic mass is 19.1. The minimum atomic E-state index is -0.965. The average molecular weight is 244 g/mol. The molecule has 0 aliphatic carbocycles. The van der Waals surface area contributed by atoms with Gasteiger partial charge in [-0.15, -0.1) is 0 Å². The molecule has 0 saturated heterocycles. The molecule has 3 N–H and O–H groups in total. The standard InChI is InChI=1S/C10H13FN2O4/c1-6-8(12-4-7(15)5-14)2-3-9(10(6)11)13(16)17/h2-3,7,12,14-15H,4-5H2,1H3. The molecule has 0 amide bonds. The number of nitro benzene ring substituents is 1. The maximum Gasteiger partial charge on any atom is 0.305 e. The molecule has 6 nitrogen and oxygen atoms in total. The highest BCUT2D eigenvalue weighted by Gasteiger charge is 2.18. The van der Waals surface area contributed by atoms with Gasteiger partial charge in [0.15, 0.2) is 0 Å². The molecule has 1 aromatic carbocycles. The number of nitro groups is 1. The maximum absolute atomic E-state index is 13.5. The fraction of sp³-hybridized carbons (Fsp3) is 0.400. The molecule has 0 bridgehead atoms. The second-order valence-corrected chi connectivity index (χ2v) is 3.55. The van der Waals surface area contributed by atoms with Gasteiger partial charge < -0.3 is 15.5 Å². The number of benzene rings is 1. The van der Waals surface area contributed by atoms with Crippen molar-refractivity contribution in [2.45, 2.75) is 13.0 Å². The molecule has 0 fully saturated rings. The highest BCUT2D eigenvalue weighted by molar-refractivity contribution is 5.56. The fourth-order valence-corrected chi connectivity index (χ4v) is 1.30.